The van der Waals surface area contributed by atoms with Crippen LogP contribution in [0.25, 0.3) is 0 Å². The van der Waals surface area contributed by atoms with Crippen molar-refractivity contribution in [1.82, 2.24) is 4.98 Å². The lowest BCUT2D eigenvalue weighted by Crippen LogP contribution is -2.10. The molecule has 3 heteroatoms. The van der Waals surface area contributed by atoms with Gasteiger partial charge in [-0.3, -0.25) is 9.78 Å². The molecule has 0 radical (unpaired) electrons. The number of pyridine rings is 1. The van der Waals surface area contributed by atoms with Gasteiger partial charge in [0, 0.05) is 30.5 Å². The molecular formula is C17H19NO2. The lowest BCUT2D eigenvalue weighted by molar-refractivity contribution is 0.0965. The summed E-state index contributed by atoms with van der Waals surface area (Å²) in [7, 11) is 0. The molecule has 0 fully saturated rings. The van der Waals surface area contributed by atoms with Gasteiger partial charge in [0.2, 0.25) is 0 Å². The first-order chi connectivity index (χ1) is 9.72. The molecule has 3 nitrogen and oxygen atoms in total. The molecule has 104 valence electrons. The van der Waals surface area contributed by atoms with Crippen LogP contribution in [0.1, 0.15) is 41.3 Å². The first-order valence-electron chi connectivity index (χ1n) is 6.83. The minimum absolute atomic E-state index is 0.112. The zero-order valence-corrected chi connectivity index (χ0v) is 11.9. The molecule has 1 unspecified atom stereocenters. The number of Topliss-reactive ketones (excluding diaryl/α,β-unsaturated/α-hetero) is 1. The molecule has 0 aliphatic carbocycles. The van der Waals surface area contributed by atoms with Gasteiger partial charge in [0.1, 0.15) is 0 Å². The molecular weight excluding hydrogens is 250 g/mol. The van der Waals surface area contributed by atoms with Crippen molar-refractivity contribution in [2.24, 2.45) is 0 Å². The molecule has 0 bridgehead atoms. The molecule has 2 aromatic rings. The minimum atomic E-state index is -0.179. The number of carbonyl (C=O) groups excluding carboxylic acids is 1. The Hall–Kier alpha value is -2.00. The van der Waals surface area contributed by atoms with Crippen LogP contribution in [0.5, 0.6) is 0 Å². The van der Waals surface area contributed by atoms with Gasteiger partial charge in [-0.05, 0) is 24.1 Å². The molecule has 0 aliphatic rings. The zero-order valence-electron chi connectivity index (χ0n) is 11.9. The number of hydrogen-bond donors (Lipinski definition) is 0. The van der Waals surface area contributed by atoms with Crippen LogP contribution in [-0.2, 0) is 11.3 Å². The van der Waals surface area contributed by atoms with E-state index in [2.05, 4.69) is 4.98 Å². The molecule has 1 atom stereocenters. The van der Waals surface area contributed by atoms with Crippen molar-refractivity contribution < 1.29 is 9.53 Å². The Balaban J connectivity index is 2.09. The first-order valence-corrected chi connectivity index (χ1v) is 6.83. The monoisotopic (exact) mass is 269 g/mol. The predicted octanol–water partition coefficient (Wildman–Crippen LogP) is 3.60. The highest BCUT2D eigenvalue weighted by Gasteiger charge is 2.17. The predicted molar refractivity (Wildman–Crippen MR) is 78.8 cm³/mol. The number of ether oxygens (including phenoxy) is 1. The second kappa shape index (κ2) is 6.96. The molecule has 0 spiro atoms. The van der Waals surface area contributed by atoms with Gasteiger partial charge in [-0.25, -0.2) is 0 Å². The number of nitrogens with zero attached hydrogens (tertiary/aromatic N) is 1. The quantitative estimate of drug-likeness (QED) is 0.752. The van der Waals surface area contributed by atoms with Crippen LogP contribution in [-0.4, -0.2) is 17.4 Å². The van der Waals surface area contributed by atoms with Gasteiger partial charge in [-0.2, -0.15) is 0 Å². The maximum atomic E-state index is 12.4. The Morgan fingerprint density at radius 3 is 2.60 bits per heavy atom. The molecule has 0 N–H and O–H groups in total. The van der Waals surface area contributed by atoms with Crippen molar-refractivity contribution in [2.75, 3.05) is 6.61 Å². The highest BCUT2D eigenvalue weighted by molar-refractivity contribution is 6.00. The molecule has 1 aromatic carbocycles. The van der Waals surface area contributed by atoms with Gasteiger partial charge < -0.3 is 4.74 Å². The third-order valence-corrected chi connectivity index (χ3v) is 3.29. The van der Waals surface area contributed by atoms with Crippen LogP contribution >= 0.6 is 0 Å². The van der Waals surface area contributed by atoms with E-state index in [4.69, 9.17) is 4.74 Å². The smallest absolute Gasteiger partial charge is 0.170 e. The fourth-order valence-electron chi connectivity index (χ4n) is 2.02. The summed E-state index contributed by atoms with van der Waals surface area (Å²) in [6, 6.07) is 11.4. The Bertz CT molecular complexity index is 549. The van der Waals surface area contributed by atoms with Crippen molar-refractivity contribution in [3.63, 3.8) is 0 Å². The van der Waals surface area contributed by atoms with Crippen LogP contribution in [0.2, 0.25) is 0 Å². The number of benzene rings is 1. The largest absolute Gasteiger partial charge is 0.377 e. The SMILES string of the molecule is CCOCc1ccc(C(=O)C(C)c2cccnc2)cc1. The van der Waals surface area contributed by atoms with Crippen molar-refractivity contribution >= 4 is 5.78 Å². The van der Waals surface area contributed by atoms with Crippen LogP contribution in [0.3, 0.4) is 0 Å². The maximum Gasteiger partial charge on any atom is 0.170 e. The summed E-state index contributed by atoms with van der Waals surface area (Å²) in [5, 5.41) is 0. The molecule has 0 saturated carbocycles. The van der Waals surface area contributed by atoms with Crippen molar-refractivity contribution in [3.8, 4) is 0 Å². The first kappa shape index (κ1) is 14.4. The van der Waals surface area contributed by atoms with Gasteiger partial charge in [0.15, 0.2) is 5.78 Å². The summed E-state index contributed by atoms with van der Waals surface area (Å²) < 4.78 is 5.34. The highest BCUT2D eigenvalue weighted by Crippen LogP contribution is 2.20. The Morgan fingerprint density at radius 2 is 2.00 bits per heavy atom. The van der Waals surface area contributed by atoms with E-state index in [0.717, 1.165) is 16.7 Å². The topological polar surface area (TPSA) is 39.2 Å². The fourth-order valence-corrected chi connectivity index (χ4v) is 2.02. The van der Waals surface area contributed by atoms with Crippen LogP contribution < -0.4 is 0 Å². The third-order valence-electron chi connectivity index (χ3n) is 3.29. The maximum absolute atomic E-state index is 12.4. The van der Waals surface area contributed by atoms with E-state index in [1.165, 1.54) is 0 Å². The number of aromatic nitrogens is 1. The third kappa shape index (κ3) is 3.52. The second-order valence-electron chi connectivity index (χ2n) is 4.71. The van der Waals surface area contributed by atoms with Gasteiger partial charge in [-0.1, -0.05) is 37.3 Å². The second-order valence-corrected chi connectivity index (χ2v) is 4.71. The summed E-state index contributed by atoms with van der Waals surface area (Å²) >= 11 is 0. The van der Waals surface area contributed by atoms with E-state index in [1.54, 1.807) is 12.4 Å². The van der Waals surface area contributed by atoms with Gasteiger partial charge in [-0.15, -0.1) is 0 Å². The number of hydrogen-bond acceptors (Lipinski definition) is 3. The fraction of sp³-hybridized carbons (Fsp3) is 0.294. The minimum Gasteiger partial charge on any atom is -0.377 e. The lowest BCUT2D eigenvalue weighted by Gasteiger charge is -2.11. The Labute approximate surface area is 119 Å². The average molecular weight is 269 g/mol. The van der Waals surface area contributed by atoms with Crippen LogP contribution in [0, 0.1) is 0 Å². The van der Waals surface area contributed by atoms with Gasteiger partial charge in [0.25, 0.3) is 0 Å². The number of rotatable bonds is 6. The van der Waals surface area contributed by atoms with E-state index in [0.29, 0.717) is 13.2 Å². The van der Waals surface area contributed by atoms with Gasteiger partial charge >= 0.3 is 0 Å². The molecule has 20 heavy (non-hydrogen) atoms. The van der Waals surface area contributed by atoms with E-state index in [9.17, 15) is 4.79 Å². The molecule has 1 aromatic heterocycles. The Kier molecular flexibility index (Phi) is 5.02. The highest BCUT2D eigenvalue weighted by atomic mass is 16.5. The van der Waals surface area contributed by atoms with Crippen molar-refractivity contribution in [1.29, 1.82) is 0 Å². The van der Waals surface area contributed by atoms with Crippen LogP contribution in [0.15, 0.2) is 48.8 Å². The van der Waals surface area contributed by atoms with Crippen molar-refractivity contribution in [2.45, 2.75) is 26.4 Å². The van der Waals surface area contributed by atoms with Crippen LogP contribution in [0.4, 0.5) is 0 Å². The lowest BCUT2D eigenvalue weighted by atomic mass is 9.93. The average Bonchev–Trinajstić information content (AvgIpc) is 2.53. The summed E-state index contributed by atoms with van der Waals surface area (Å²) in [6.45, 7) is 5.16. The summed E-state index contributed by atoms with van der Waals surface area (Å²) in [5.74, 6) is -0.0672. The van der Waals surface area contributed by atoms with Gasteiger partial charge in [0.05, 0.1) is 6.61 Å². The number of ketones is 1. The summed E-state index contributed by atoms with van der Waals surface area (Å²) in [6.07, 6.45) is 3.45. The van der Waals surface area contributed by atoms with E-state index < -0.39 is 0 Å². The molecule has 1 heterocycles. The van der Waals surface area contributed by atoms with E-state index in [-0.39, 0.29) is 11.7 Å². The Morgan fingerprint density at radius 1 is 1.25 bits per heavy atom. The van der Waals surface area contributed by atoms with Crippen molar-refractivity contribution in [3.05, 3.63) is 65.5 Å². The zero-order chi connectivity index (χ0) is 14.4. The molecule has 0 amide bonds. The standard InChI is InChI=1S/C17H19NO2/c1-3-20-12-14-6-8-15(9-7-14)17(19)13(2)16-5-4-10-18-11-16/h4-11,13H,3,12H2,1-2H3. The van der Waals surface area contributed by atoms with E-state index >= 15 is 0 Å². The van der Waals surface area contributed by atoms with E-state index in [1.807, 2.05) is 50.2 Å². The molecule has 0 aliphatic heterocycles. The normalized spacial score (nSPS) is 12.1. The summed E-state index contributed by atoms with van der Waals surface area (Å²) in [5.41, 5.74) is 2.75. The molecule has 2 rings (SSSR count). The summed E-state index contributed by atoms with van der Waals surface area (Å²) in [4.78, 5) is 16.5. The molecule has 0 saturated heterocycles. The number of carbonyl (C=O) groups is 1.